The molecule has 3 rings (SSSR count). The second kappa shape index (κ2) is 8.25. The van der Waals surface area contributed by atoms with Crippen LogP contribution < -0.4 is 0 Å². The molecule has 1 aliphatic carbocycles. The van der Waals surface area contributed by atoms with Gasteiger partial charge in [0.15, 0.2) is 16.7 Å². The van der Waals surface area contributed by atoms with Crippen molar-refractivity contribution in [1.82, 2.24) is 19.7 Å². The fourth-order valence-electron chi connectivity index (χ4n) is 3.27. The van der Waals surface area contributed by atoms with Crippen LogP contribution in [0.3, 0.4) is 0 Å². The molecule has 27 heavy (non-hydrogen) atoms. The lowest BCUT2D eigenvalue weighted by molar-refractivity contribution is 0.0988. The minimum Gasteiger partial charge on any atom is -0.355 e. The summed E-state index contributed by atoms with van der Waals surface area (Å²) in [5.41, 5.74) is 2.57. The molecule has 1 atom stereocenters. The highest BCUT2D eigenvalue weighted by molar-refractivity contribution is 8.00. The third kappa shape index (κ3) is 4.08. The Morgan fingerprint density at radius 3 is 2.56 bits per heavy atom. The molecule has 0 spiro atoms. The number of Topliss-reactive ketones (excluding diaryl/α,β-unsaturated/α-hetero) is 2. The first-order chi connectivity index (χ1) is 12.3. The molecule has 2 aromatic heterocycles. The van der Waals surface area contributed by atoms with E-state index < -0.39 is 0 Å². The first-order valence-corrected chi connectivity index (χ1v) is 9.68. The third-order valence-corrected chi connectivity index (χ3v) is 5.77. The summed E-state index contributed by atoms with van der Waals surface area (Å²) < 4.78 is 2.05. The van der Waals surface area contributed by atoms with Crippen molar-refractivity contribution in [2.45, 2.75) is 70.8 Å². The Morgan fingerprint density at radius 2 is 2.04 bits per heavy atom. The number of allylic oxidation sites excluding steroid dienone is 1. The average molecular weight is 389 g/mol. The second-order valence-corrected chi connectivity index (χ2v) is 8.13. The number of rotatable bonds is 8. The smallest absolute Gasteiger partial charge is 0.192 e. The van der Waals surface area contributed by atoms with Gasteiger partial charge in [0.25, 0.3) is 0 Å². The van der Waals surface area contributed by atoms with E-state index in [1.807, 2.05) is 31.4 Å². The SMILES string of the molecule is C.C=CCn1c(SC(C)C(=O)c2[nH]c(C)c(C(C)=O)c2C)nnc1C1CC1. The fraction of sp³-hybridized carbons (Fsp3) is 0.500. The Bertz CT molecular complexity index is 877. The molecule has 0 saturated heterocycles. The summed E-state index contributed by atoms with van der Waals surface area (Å²) >= 11 is 1.40. The zero-order chi connectivity index (χ0) is 19.0. The number of hydrogen-bond donors (Lipinski definition) is 1. The maximum atomic E-state index is 12.9. The molecule has 1 unspecified atom stereocenters. The maximum Gasteiger partial charge on any atom is 0.192 e. The van der Waals surface area contributed by atoms with Gasteiger partial charge in [-0.05, 0) is 46.1 Å². The van der Waals surface area contributed by atoms with Crippen molar-refractivity contribution in [2.24, 2.45) is 0 Å². The summed E-state index contributed by atoms with van der Waals surface area (Å²) in [4.78, 5) is 27.8. The molecule has 2 heterocycles. The largest absolute Gasteiger partial charge is 0.355 e. The van der Waals surface area contributed by atoms with Gasteiger partial charge < -0.3 is 9.55 Å². The number of aromatic amines is 1. The predicted molar refractivity (Wildman–Crippen MR) is 109 cm³/mol. The lowest BCUT2D eigenvalue weighted by Crippen LogP contribution is -2.16. The monoisotopic (exact) mass is 388 g/mol. The minimum absolute atomic E-state index is 0. The standard InChI is InChI=1S/C19H24N4O2S.CH4/c1-6-9-23-18(14-7-8-14)21-22-19(23)26-13(5)17(25)16-10(2)15(12(4)24)11(3)20-16;/h6,13-14,20H,1,7-9H2,2-5H3;1H4. The number of thioether (sulfide) groups is 1. The Kier molecular flexibility index (Phi) is 6.46. The van der Waals surface area contributed by atoms with Crippen LogP contribution in [0.4, 0.5) is 0 Å². The number of carbonyl (C=O) groups is 2. The summed E-state index contributed by atoms with van der Waals surface area (Å²) in [6.45, 7) is 11.5. The van der Waals surface area contributed by atoms with Crippen molar-refractivity contribution in [3.8, 4) is 0 Å². The van der Waals surface area contributed by atoms with Gasteiger partial charge in [0.2, 0.25) is 0 Å². The molecule has 0 amide bonds. The molecule has 0 radical (unpaired) electrons. The zero-order valence-electron chi connectivity index (χ0n) is 15.6. The molecule has 6 nitrogen and oxygen atoms in total. The highest BCUT2D eigenvalue weighted by Gasteiger charge is 2.31. The van der Waals surface area contributed by atoms with Crippen molar-refractivity contribution in [2.75, 3.05) is 0 Å². The van der Waals surface area contributed by atoms with Gasteiger partial charge >= 0.3 is 0 Å². The molecule has 0 bridgehead atoms. The van der Waals surface area contributed by atoms with Crippen LogP contribution in [-0.4, -0.2) is 36.6 Å². The van der Waals surface area contributed by atoms with Crippen molar-refractivity contribution >= 4 is 23.3 Å². The molecule has 1 aliphatic rings. The summed E-state index contributed by atoms with van der Waals surface area (Å²) in [5.74, 6) is 1.40. The highest BCUT2D eigenvalue weighted by Crippen LogP contribution is 2.40. The van der Waals surface area contributed by atoms with E-state index in [1.165, 1.54) is 18.7 Å². The number of carbonyl (C=O) groups excluding carboxylic acids is 2. The van der Waals surface area contributed by atoms with E-state index in [0.717, 1.165) is 35.1 Å². The van der Waals surface area contributed by atoms with Crippen LogP contribution in [-0.2, 0) is 6.54 Å². The van der Waals surface area contributed by atoms with Crippen LogP contribution in [0.15, 0.2) is 17.8 Å². The molecule has 0 aromatic carbocycles. The number of nitrogens with one attached hydrogen (secondary N) is 1. The summed E-state index contributed by atoms with van der Waals surface area (Å²) in [6.07, 6.45) is 4.11. The van der Waals surface area contributed by atoms with Gasteiger partial charge in [-0.1, -0.05) is 25.3 Å². The molecule has 7 heteroatoms. The van der Waals surface area contributed by atoms with E-state index in [2.05, 4.69) is 21.8 Å². The molecule has 1 saturated carbocycles. The van der Waals surface area contributed by atoms with Gasteiger partial charge in [0.1, 0.15) is 5.82 Å². The van der Waals surface area contributed by atoms with Gasteiger partial charge in [0, 0.05) is 23.7 Å². The molecule has 1 N–H and O–H groups in total. The number of aryl methyl sites for hydroxylation is 1. The minimum atomic E-state index is -0.341. The van der Waals surface area contributed by atoms with E-state index in [9.17, 15) is 9.59 Å². The van der Waals surface area contributed by atoms with Gasteiger partial charge in [-0.2, -0.15) is 0 Å². The van der Waals surface area contributed by atoms with Crippen LogP contribution in [0.5, 0.6) is 0 Å². The average Bonchev–Trinajstić information content (AvgIpc) is 3.28. The lowest BCUT2D eigenvalue weighted by atomic mass is 10.0. The summed E-state index contributed by atoms with van der Waals surface area (Å²) in [5, 5.41) is 9.01. The number of ketones is 2. The second-order valence-electron chi connectivity index (χ2n) is 6.82. The van der Waals surface area contributed by atoms with Crippen molar-refractivity contribution < 1.29 is 9.59 Å². The molecular weight excluding hydrogens is 360 g/mol. The number of nitrogens with zero attached hydrogens (tertiary/aromatic N) is 3. The van der Waals surface area contributed by atoms with Gasteiger partial charge in [-0.3, -0.25) is 9.59 Å². The summed E-state index contributed by atoms with van der Waals surface area (Å²) in [6, 6.07) is 0. The normalized spacial score (nSPS) is 14.5. The van der Waals surface area contributed by atoms with E-state index in [0.29, 0.717) is 23.7 Å². The fourth-order valence-corrected chi connectivity index (χ4v) is 4.20. The summed E-state index contributed by atoms with van der Waals surface area (Å²) in [7, 11) is 0. The van der Waals surface area contributed by atoms with Gasteiger partial charge in [0.05, 0.1) is 10.9 Å². The predicted octanol–water partition coefficient (Wildman–Crippen LogP) is 4.49. The number of hydrogen-bond acceptors (Lipinski definition) is 5. The lowest BCUT2D eigenvalue weighted by Gasteiger charge is -2.11. The Balaban J connectivity index is 0.00000261. The molecule has 0 aliphatic heterocycles. The Labute approximate surface area is 164 Å². The molecule has 2 aromatic rings. The molecular formula is C20H28N4O2S. The quantitative estimate of drug-likeness (QED) is 0.409. The van der Waals surface area contributed by atoms with E-state index >= 15 is 0 Å². The van der Waals surface area contributed by atoms with Crippen LogP contribution in [0, 0.1) is 13.8 Å². The molecule has 146 valence electrons. The van der Waals surface area contributed by atoms with E-state index in [-0.39, 0.29) is 24.2 Å². The topological polar surface area (TPSA) is 80.6 Å². The first kappa shape index (κ1) is 21.2. The van der Waals surface area contributed by atoms with Crippen LogP contribution in [0.1, 0.15) is 78.0 Å². The number of aromatic nitrogens is 4. The van der Waals surface area contributed by atoms with Crippen molar-refractivity contribution in [3.05, 3.63) is 41.0 Å². The number of H-pyrrole nitrogens is 1. The molecule has 1 fully saturated rings. The van der Waals surface area contributed by atoms with Crippen LogP contribution in [0.25, 0.3) is 0 Å². The maximum absolute atomic E-state index is 12.9. The van der Waals surface area contributed by atoms with Crippen LogP contribution >= 0.6 is 11.8 Å². The Hall–Kier alpha value is -2.15. The van der Waals surface area contributed by atoms with Crippen molar-refractivity contribution in [3.63, 3.8) is 0 Å². The van der Waals surface area contributed by atoms with Gasteiger partial charge in [-0.25, -0.2) is 0 Å². The highest BCUT2D eigenvalue weighted by atomic mass is 32.2. The van der Waals surface area contributed by atoms with E-state index in [4.69, 9.17) is 0 Å². The first-order valence-electron chi connectivity index (χ1n) is 8.80. The van der Waals surface area contributed by atoms with Crippen molar-refractivity contribution in [1.29, 1.82) is 0 Å². The van der Waals surface area contributed by atoms with Crippen LogP contribution in [0.2, 0.25) is 0 Å². The Morgan fingerprint density at radius 1 is 1.37 bits per heavy atom. The van der Waals surface area contributed by atoms with Gasteiger partial charge in [-0.15, -0.1) is 16.8 Å². The third-order valence-electron chi connectivity index (χ3n) is 4.69. The van der Waals surface area contributed by atoms with E-state index in [1.54, 1.807) is 0 Å². The zero-order valence-corrected chi connectivity index (χ0v) is 16.4.